The second-order valence-corrected chi connectivity index (χ2v) is 4.10. The predicted octanol–water partition coefficient (Wildman–Crippen LogP) is 1.45. The second kappa shape index (κ2) is 4.60. The molecule has 0 aromatic carbocycles. The number of nitrogens with zero attached hydrogens (tertiary/aromatic N) is 2. The summed E-state index contributed by atoms with van der Waals surface area (Å²) in [5.74, 6) is 2.05. The van der Waals surface area contributed by atoms with Crippen molar-refractivity contribution in [2.45, 2.75) is 32.7 Å². The van der Waals surface area contributed by atoms with Crippen LogP contribution in [0.15, 0.2) is 12.4 Å². The number of aromatic nitrogens is 2. The molecule has 0 aliphatic carbocycles. The van der Waals surface area contributed by atoms with E-state index in [-0.39, 0.29) is 0 Å². The first-order chi connectivity index (χ1) is 6.90. The van der Waals surface area contributed by atoms with Crippen molar-refractivity contribution in [3.05, 3.63) is 18.2 Å². The van der Waals surface area contributed by atoms with Crippen LogP contribution in [-0.2, 0) is 13.0 Å². The van der Waals surface area contributed by atoms with E-state index >= 15 is 0 Å². The van der Waals surface area contributed by atoms with Crippen molar-refractivity contribution in [3.63, 3.8) is 0 Å². The molecule has 0 bridgehead atoms. The summed E-state index contributed by atoms with van der Waals surface area (Å²) in [4.78, 5) is 4.39. The average molecular weight is 193 g/mol. The first-order valence-corrected chi connectivity index (χ1v) is 5.61. The van der Waals surface area contributed by atoms with Crippen LogP contribution in [-0.4, -0.2) is 22.6 Å². The average Bonchev–Trinajstić information content (AvgIpc) is 2.80. The van der Waals surface area contributed by atoms with E-state index in [1.54, 1.807) is 0 Å². The van der Waals surface area contributed by atoms with Gasteiger partial charge >= 0.3 is 0 Å². The molecule has 1 aromatic heterocycles. The lowest BCUT2D eigenvalue weighted by molar-refractivity contribution is 0.468. The van der Waals surface area contributed by atoms with Crippen LogP contribution in [0, 0.1) is 5.92 Å². The van der Waals surface area contributed by atoms with Gasteiger partial charge in [-0.3, -0.25) is 0 Å². The Morgan fingerprint density at radius 1 is 1.64 bits per heavy atom. The summed E-state index contributed by atoms with van der Waals surface area (Å²) >= 11 is 0. The fourth-order valence-electron chi connectivity index (χ4n) is 2.11. The molecule has 0 radical (unpaired) electrons. The lowest BCUT2D eigenvalue weighted by Crippen LogP contribution is -2.15. The summed E-state index contributed by atoms with van der Waals surface area (Å²) < 4.78 is 2.32. The zero-order chi connectivity index (χ0) is 9.80. The molecule has 1 saturated heterocycles. The van der Waals surface area contributed by atoms with Crippen molar-refractivity contribution in [1.29, 1.82) is 0 Å². The first-order valence-electron chi connectivity index (χ1n) is 5.61. The Morgan fingerprint density at radius 2 is 2.57 bits per heavy atom. The minimum Gasteiger partial charge on any atom is -0.335 e. The van der Waals surface area contributed by atoms with Gasteiger partial charge in [0.1, 0.15) is 5.82 Å². The van der Waals surface area contributed by atoms with Gasteiger partial charge in [0.05, 0.1) is 0 Å². The molecule has 1 aliphatic rings. The number of hydrogen-bond acceptors (Lipinski definition) is 2. The highest BCUT2D eigenvalue weighted by atomic mass is 15.1. The minimum absolute atomic E-state index is 0.805. The summed E-state index contributed by atoms with van der Waals surface area (Å²) in [6, 6.07) is 0. The van der Waals surface area contributed by atoms with Crippen molar-refractivity contribution < 1.29 is 0 Å². The molecular weight excluding hydrogens is 174 g/mol. The largest absolute Gasteiger partial charge is 0.335 e. The number of aryl methyl sites for hydroxylation is 1. The third-order valence-electron chi connectivity index (χ3n) is 2.89. The van der Waals surface area contributed by atoms with Crippen molar-refractivity contribution in [1.82, 2.24) is 14.9 Å². The van der Waals surface area contributed by atoms with Gasteiger partial charge in [-0.05, 0) is 31.8 Å². The summed E-state index contributed by atoms with van der Waals surface area (Å²) in [6.45, 7) is 5.70. The van der Waals surface area contributed by atoms with Crippen LogP contribution >= 0.6 is 0 Å². The Morgan fingerprint density at radius 3 is 3.29 bits per heavy atom. The van der Waals surface area contributed by atoms with Gasteiger partial charge in [-0.25, -0.2) is 4.98 Å². The summed E-state index contributed by atoms with van der Waals surface area (Å²) in [5.41, 5.74) is 0. The molecule has 3 heteroatoms. The van der Waals surface area contributed by atoms with Gasteiger partial charge in [-0.2, -0.15) is 0 Å². The number of hydrogen-bond donors (Lipinski definition) is 1. The Bertz CT molecular complexity index is 274. The number of rotatable bonds is 4. The molecule has 1 unspecified atom stereocenters. The van der Waals surface area contributed by atoms with Gasteiger partial charge in [-0.15, -0.1) is 0 Å². The van der Waals surface area contributed by atoms with Crippen LogP contribution in [0.3, 0.4) is 0 Å². The third kappa shape index (κ3) is 2.15. The Kier molecular flexibility index (Phi) is 3.19. The molecule has 2 heterocycles. The summed E-state index contributed by atoms with van der Waals surface area (Å²) in [7, 11) is 0. The van der Waals surface area contributed by atoms with Crippen molar-refractivity contribution in [2.75, 3.05) is 13.1 Å². The SMILES string of the molecule is CCCc1nccn1CC1CCNC1. The van der Waals surface area contributed by atoms with E-state index in [1.165, 1.54) is 31.8 Å². The van der Waals surface area contributed by atoms with E-state index < -0.39 is 0 Å². The van der Waals surface area contributed by atoms with Crippen molar-refractivity contribution >= 4 is 0 Å². The van der Waals surface area contributed by atoms with Gasteiger partial charge in [0.15, 0.2) is 0 Å². The van der Waals surface area contributed by atoms with E-state index in [4.69, 9.17) is 0 Å². The van der Waals surface area contributed by atoms with Gasteiger partial charge in [0, 0.05) is 25.4 Å². The molecule has 2 rings (SSSR count). The fourth-order valence-corrected chi connectivity index (χ4v) is 2.11. The zero-order valence-electron chi connectivity index (χ0n) is 8.87. The monoisotopic (exact) mass is 193 g/mol. The second-order valence-electron chi connectivity index (χ2n) is 4.10. The number of nitrogens with one attached hydrogen (secondary N) is 1. The Balaban J connectivity index is 1.96. The molecule has 1 atom stereocenters. The lowest BCUT2D eigenvalue weighted by Gasteiger charge is -2.11. The van der Waals surface area contributed by atoms with E-state index in [9.17, 15) is 0 Å². The van der Waals surface area contributed by atoms with Crippen LogP contribution in [0.4, 0.5) is 0 Å². The van der Waals surface area contributed by atoms with Crippen molar-refractivity contribution in [3.8, 4) is 0 Å². The van der Waals surface area contributed by atoms with E-state index in [0.29, 0.717) is 0 Å². The van der Waals surface area contributed by atoms with Gasteiger partial charge in [0.25, 0.3) is 0 Å². The molecule has 0 amide bonds. The molecule has 3 nitrogen and oxygen atoms in total. The van der Waals surface area contributed by atoms with Gasteiger partial charge in [-0.1, -0.05) is 6.92 Å². The van der Waals surface area contributed by atoms with Crippen LogP contribution in [0.5, 0.6) is 0 Å². The van der Waals surface area contributed by atoms with Gasteiger partial charge < -0.3 is 9.88 Å². The smallest absolute Gasteiger partial charge is 0.108 e. The Labute approximate surface area is 85.5 Å². The topological polar surface area (TPSA) is 29.9 Å². The zero-order valence-corrected chi connectivity index (χ0v) is 8.87. The predicted molar refractivity (Wildman–Crippen MR) is 57.2 cm³/mol. The van der Waals surface area contributed by atoms with Crippen molar-refractivity contribution in [2.24, 2.45) is 5.92 Å². The van der Waals surface area contributed by atoms with Crippen LogP contribution in [0.25, 0.3) is 0 Å². The number of imidazole rings is 1. The summed E-state index contributed by atoms with van der Waals surface area (Å²) in [6.07, 6.45) is 7.63. The lowest BCUT2D eigenvalue weighted by atomic mass is 10.1. The summed E-state index contributed by atoms with van der Waals surface area (Å²) in [5, 5.41) is 3.40. The maximum atomic E-state index is 4.39. The van der Waals surface area contributed by atoms with Crippen LogP contribution in [0.2, 0.25) is 0 Å². The molecule has 1 N–H and O–H groups in total. The van der Waals surface area contributed by atoms with E-state index in [2.05, 4.69) is 28.0 Å². The highest BCUT2D eigenvalue weighted by Crippen LogP contribution is 2.12. The highest BCUT2D eigenvalue weighted by Gasteiger charge is 2.15. The maximum absolute atomic E-state index is 4.39. The molecule has 1 aliphatic heterocycles. The molecule has 14 heavy (non-hydrogen) atoms. The molecule has 78 valence electrons. The normalized spacial score (nSPS) is 21.6. The molecule has 1 aromatic rings. The third-order valence-corrected chi connectivity index (χ3v) is 2.89. The van der Waals surface area contributed by atoms with Crippen LogP contribution < -0.4 is 5.32 Å². The molecule has 0 saturated carbocycles. The van der Waals surface area contributed by atoms with Gasteiger partial charge in [0.2, 0.25) is 0 Å². The standard InChI is InChI=1S/C11H19N3/c1-2-3-11-13-6-7-14(11)9-10-4-5-12-8-10/h6-7,10,12H,2-5,8-9H2,1H3. The highest BCUT2D eigenvalue weighted by molar-refractivity contribution is 4.93. The van der Waals surface area contributed by atoms with Crippen LogP contribution in [0.1, 0.15) is 25.6 Å². The first kappa shape index (κ1) is 9.71. The quantitative estimate of drug-likeness (QED) is 0.784. The molecule has 1 fully saturated rings. The minimum atomic E-state index is 0.805. The fraction of sp³-hybridized carbons (Fsp3) is 0.727. The Hall–Kier alpha value is -0.830. The van der Waals surface area contributed by atoms with E-state index in [1.807, 2.05) is 6.20 Å². The molecular formula is C11H19N3. The van der Waals surface area contributed by atoms with E-state index in [0.717, 1.165) is 18.9 Å². The maximum Gasteiger partial charge on any atom is 0.108 e. The molecule has 0 spiro atoms.